The Morgan fingerprint density at radius 1 is 0.369 bits per heavy atom. The lowest BCUT2D eigenvalue weighted by Crippen LogP contribution is -2.32. The molecule has 11 aromatic rings. The lowest BCUT2D eigenvalue weighted by atomic mass is 9.66. The Balaban J connectivity index is 1.09. The quantitative estimate of drug-likeness (QED) is 0.177. The number of anilines is 3. The Kier molecular flexibility index (Phi) is 7.38. The minimum Gasteiger partial charge on any atom is -0.457 e. The molecule has 10 aromatic carbocycles. The number of furan rings is 1. The maximum Gasteiger partial charge on any atom is 0.136 e. The average Bonchev–Trinajstić information content (AvgIpc) is 3.96. The van der Waals surface area contributed by atoms with Crippen LogP contribution in [0.4, 0.5) is 17.1 Å². The number of nitrogens with zero attached hydrogens (tertiary/aromatic N) is 1. The van der Waals surface area contributed by atoms with Crippen LogP contribution in [-0.4, -0.2) is 0 Å². The van der Waals surface area contributed by atoms with Gasteiger partial charge in [0.15, 0.2) is 0 Å². The molecule has 1 aliphatic heterocycles. The number of hydrogen-bond donors (Lipinski definition) is 0. The largest absolute Gasteiger partial charge is 0.457 e. The van der Waals surface area contributed by atoms with E-state index in [1.807, 2.05) is 6.07 Å². The fourth-order valence-electron chi connectivity index (χ4n) is 11.9. The molecule has 0 N–H and O–H groups in total. The van der Waals surface area contributed by atoms with Gasteiger partial charge in [-0.1, -0.05) is 166 Å². The summed E-state index contributed by atoms with van der Waals surface area (Å²) in [5, 5.41) is 4.56. The van der Waals surface area contributed by atoms with E-state index in [2.05, 4.69) is 225 Å². The van der Waals surface area contributed by atoms with Gasteiger partial charge in [-0.25, -0.2) is 0 Å². The molecule has 1 aromatic heterocycles. The van der Waals surface area contributed by atoms with E-state index in [1.54, 1.807) is 0 Å². The SMILES string of the molecule is CC1(C)c2ccccc2-c2ccc(N(c3ccc4c(c3)C3(c5ccccc5O4)c4ccccc4-c4ccccc43)c3cc4ccccc4cc3-c3cccc4oc5ccccc5c34)cc21. The molecular formula is C62H41NO2. The minimum absolute atomic E-state index is 0.199. The van der Waals surface area contributed by atoms with Crippen molar-refractivity contribution >= 4 is 49.8 Å². The number of rotatable bonds is 4. The normalized spacial score (nSPS) is 14.4. The summed E-state index contributed by atoms with van der Waals surface area (Å²) in [4.78, 5) is 2.50. The first-order chi connectivity index (χ1) is 32.0. The monoisotopic (exact) mass is 831 g/mol. The molecule has 0 bridgehead atoms. The highest BCUT2D eigenvalue weighted by Gasteiger charge is 2.51. The fourth-order valence-corrected chi connectivity index (χ4v) is 11.9. The summed E-state index contributed by atoms with van der Waals surface area (Å²) in [6.07, 6.45) is 0. The van der Waals surface area contributed by atoms with E-state index in [0.29, 0.717) is 0 Å². The Bertz CT molecular complexity index is 3770. The maximum atomic E-state index is 6.97. The van der Waals surface area contributed by atoms with Crippen LogP contribution in [0.25, 0.3) is 66.1 Å². The zero-order valence-corrected chi connectivity index (χ0v) is 36.0. The molecule has 3 heteroatoms. The first-order valence-electron chi connectivity index (χ1n) is 22.6. The first-order valence-corrected chi connectivity index (χ1v) is 22.6. The number of hydrogen-bond acceptors (Lipinski definition) is 3. The number of benzene rings is 10. The molecule has 0 fully saturated rings. The highest BCUT2D eigenvalue weighted by Crippen LogP contribution is 2.63. The van der Waals surface area contributed by atoms with E-state index in [-0.39, 0.29) is 5.41 Å². The standard InChI is InChI=1S/C62H41NO2/c1-61(2)49-23-9-5-18-42(49)45-32-30-40(36-53(45)61)63(55-35-39-17-4-3-16-38(39)34-48(55)46-22-15-29-59-60(46)47-21-8-13-27-56(47)64-59)41-31-33-58-54(37-41)62(52-26-12-14-28-57(52)65-58)50-24-10-6-19-43(50)44-20-7-11-25-51(44)62/h3-37H,1-2H3. The summed E-state index contributed by atoms with van der Waals surface area (Å²) in [5.41, 5.74) is 19.0. The smallest absolute Gasteiger partial charge is 0.136 e. The molecule has 0 unspecified atom stereocenters. The van der Waals surface area contributed by atoms with Crippen molar-refractivity contribution in [2.45, 2.75) is 24.7 Å². The van der Waals surface area contributed by atoms with Crippen molar-refractivity contribution in [3.8, 4) is 44.9 Å². The van der Waals surface area contributed by atoms with Crippen molar-refractivity contribution < 1.29 is 9.15 Å². The molecule has 0 saturated heterocycles. The van der Waals surface area contributed by atoms with Crippen LogP contribution < -0.4 is 9.64 Å². The number of para-hydroxylation sites is 2. The third-order valence-electron chi connectivity index (χ3n) is 14.7. The van der Waals surface area contributed by atoms with Crippen LogP contribution in [0.1, 0.15) is 47.2 Å². The maximum absolute atomic E-state index is 6.97. The van der Waals surface area contributed by atoms with Crippen molar-refractivity contribution in [3.63, 3.8) is 0 Å². The highest BCUT2D eigenvalue weighted by atomic mass is 16.5. The van der Waals surface area contributed by atoms with Gasteiger partial charge in [0.2, 0.25) is 0 Å². The van der Waals surface area contributed by atoms with Gasteiger partial charge in [-0.15, -0.1) is 0 Å². The van der Waals surface area contributed by atoms with Gasteiger partial charge in [0, 0.05) is 44.3 Å². The van der Waals surface area contributed by atoms with E-state index in [1.165, 1.54) is 55.3 Å². The summed E-state index contributed by atoms with van der Waals surface area (Å²) in [6.45, 7) is 4.73. The van der Waals surface area contributed by atoms with Crippen LogP contribution in [0.5, 0.6) is 11.5 Å². The van der Waals surface area contributed by atoms with Crippen LogP contribution in [0.15, 0.2) is 217 Å². The summed E-state index contributed by atoms with van der Waals surface area (Å²) in [5.74, 6) is 1.74. The zero-order valence-electron chi connectivity index (χ0n) is 36.0. The third-order valence-corrected chi connectivity index (χ3v) is 14.7. The summed E-state index contributed by atoms with van der Waals surface area (Å²) in [7, 11) is 0. The molecule has 2 heterocycles. The minimum atomic E-state index is -0.617. The van der Waals surface area contributed by atoms with E-state index >= 15 is 0 Å². The van der Waals surface area contributed by atoms with Gasteiger partial charge in [-0.3, -0.25) is 0 Å². The topological polar surface area (TPSA) is 25.6 Å². The third kappa shape index (κ3) is 4.90. The fraction of sp³-hybridized carbons (Fsp3) is 0.0645. The van der Waals surface area contributed by atoms with Crippen molar-refractivity contribution in [1.82, 2.24) is 0 Å². The highest BCUT2D eigenvalue weighted by molar-refractivity contribution is 6.15. The van der Waals surface area contributed by atoms with Gasteiger partial charge in [0.25, 0.3) is 0 Å². The van der Waals surface area contributed by atoms with E-state index in [9.17, 15) is 0 Å². The molecule has 14 rings (SSSR count). The Morgan fingerprint density at radius 3 is 1.68 bits per heavy atom. The molecule has 306 valence electrons. The Labute approximate surface area is 377 Å². The molecule has 2 aliphatic carbocycles. The van der Waals surface area contributed by atoms with Crippen LogP contribution in [-0.2, 0) is 10.8 Å². The average molecular weight is 832 g/mol. The molecule has 1 spiro atoms. The molecule has 0 saturated carbocycles. The molecule has 3 nitrogen and oxygen atoms in total. The van der Waals surface area contributed by atoms with Gasteiger partial charge in [0.1, 0.15) is 22.7 Å². The van der Waals surface area contributed by atoms with Gasteiger partial charge in [-0.05, 0) is 122 Å². The molecule has 0 amide bonds. The van der Waals surface area contributed by atoms with Gasteiger partial charge >= 0.3 is 0 Å². The van der Waals surface area contributed by atoms with Gasteiger partial charge in [0.05, 0.1) is 11.1 Å². The lowest BCUT2D eigenvalue weighted by molar-refractivity contribution is 0.436. The summed E-state index contributed by atoms with van der Waals surface area (Å²) in [6, 6.07) is 77.8. The summed E-state index contributed by atoms with van der Waals surface area (Å²) >= 11 is 0. The summed E-state index contributed by atoms with van der Waals surface area (Å²) < 4.78 is 13.5. The van der Waals surface area contributed by atoms with Crippen LogP contribution in [0, 0.1) is 0 Å². The van der Waals surface area contributed by atoms with Crippen molar-refractivity contribution in [2.75, 3.05) is 4.90 Å². The second-order valence-corrected chi connectivity index (χ2v) is 18.3. The molecule has 0 radical (unpaired) electrons. The zero-order chi connectivity index (χ0) is 43.0. The van der Waals surface area contributed by atoms with E-state index in [0.717, 1.165) is 72.8 Å². The predicted molar refractivity (Wildman–Crippen MR) is 266 cm³/mol. The van der Waals surface area contributed by atoms with Crippen LogP contribution >= 0.6 is 0 Å². The van der Waals surface area contributed by atoms with E-state index < -0.39 is 5.41 Å². The second kappa shape index (κ2) is 13.2. The van der Waals surface area contributed by atoms with Crippen LogP contribution in [0.3, 0.4) is 0 Å². The second-order valence-electron chi connectivity index (χ2n) is 18.3. The van der Waals surface area contributed by atoms with Crippen molar-refractivity contribution in [2.24, 2.45) is 0 Å². The van der Waals surface area contributed by atoms with Crippen LogP contribution in [0.2, 0.25) is 0 Å². The Morgan fingerprint density at radius 2 is 0.908 bits per heavy atom. The van der Waals surface area contributed by atoms with Crippen molar-refractivity contribution in [1.29, 1.82) is 0 Å². The molecule has 65 heavy (non-hydrogen) atoms. The van der Waals surface area contributed by atoms with Gasteiger partial charge in [-0.2, -0.15) is 0 Å². The lowest BCUT2D eigenvalue weighted by Gasteiger charge is -2.40. The molecule has 0 atom stereocenters. The Hall–Kier alpha value is -8.14. The van der Waals surface area contributed by atoms with Gasteiger partial charge < -0.3 is 14.1 Å². The predicted octanol–water partition coefficient (Wildman–Crippen LogP) is 16.7. The molecule has 3 aliphatic rings. The first kappa shape index (κ1) is 36.4. The van der Waals surface area contributed by atoms with Crippen molar-refractivity contribution in [3.05, 3.63) is 246 Å². The van der Waals surface area contributed by atoms with E-state index in [4.69, 9.17) is 9.15 Å². The number of fused-ring (bicyclic) bond motifs is 16. The number of ether oxygens (including phenoxy) is 1. The molecular weight excluding hydrogens is 791 g/mol.